The van der Waals surface area contributed by atoms with Crippen molar-refractivity contribution in [2.75, 3.05) is 38.0 Å². The number of hydrogen-bond donors (Lipinski definition) is 0. The van der Waals surface area contributed by atoms with Gasteiger partial charge in [0.25, 0.3) is 0 Å². The van der Waals surface area contributed by atoms with Gasteiger partial charge in [0.1, 0.15) is 0 Å². The molecule has 2 nitrogen and oxygen atoms in total. The normalized spacial score (nSPS) is 11.4. The summed E-state index contributed by atoms with van der Waals surface area (Å²) in [7, 11) is 8.31. The molecule has 3 aromatic rings. The Balaban J connectivity index is 2.20. The van der Waals surface area contributed by atoms with Gasteiger partial charge in [0.05, 0.1) is 0 Å². The zero-order chi connectivity index (χ0) is 20.5. The first-order chi connectivity index (χ1) is 13.2. The Bertz CT molecular complexity index is 928. The molecule has 0 N–H and O–H groups in total. The number of nitrogens with zero attached hydrogens (tertiary/aromatic N) is 2. The molecule has 0 bridgehead atoms. The molecule has 146 valence electrons. The minimum Gasteiger partial charge on any atom is -0.378 e. The second-order valence-electron chi connectivity index (χ2n) is 8.86. The lowest BCUT2D eigenvalue weighted by Crippen LogP contribution is -2.13. The monoisotopic (exact) mass is 372 g/mol. The van der Waals surface area contributed by atoms with E-state index in [1.807, 2.05) is 0 Å². The maximum absolute atomic E-state index is 2.29. The maximum atomic E-state index is 2.29. The van der Waals surface area contributed by atoms with Gasteiger partial charge in [-0.2, -0.15) is 0 Å². The maximum Gasteiger partial charge on any atom is 0.0361 e. The van der Waals surface area contributed by atoms with Crippen LogP contribution in [0.4, 0.5) is 11.4 Å². The van der Waals surface area contributed by atoms with E-state index in [0.717, 1.165) is 0 Å². The van der Waals surface area contributed by atoms with Crippen LogP contribution in [0.3, 0.4) is 0 Å². The SMILES string of the molecule is CN(C)c1ccc(-c2cccc(C(C)(C)C)c2-c2ccc(N(C)C)cc2)cc1. The van der Waals surface area contributed by atoms with Crippen LogP contribution in [0, 0.1) is 0 Å². The topological polar surface area (TPSA) is 6.48 Å². The molecular formula is C26H32N2. The van der Waals surface area contributed by atoms with E-state index in [1.54, 1.807) is 0 Å². The number of benzene rings is 3. The van der Waals surface area contributed by atoms with Crippen LogP contribution < -0.4 is 9.80 Å². The molecular weight excluding hydrogens is 340 g/mol. The fourth-order valence-electron chi connectivity index (χ4n) is 3.59. The lowest BCUT2D eigenvalue weighted by molar-refractivity contribution is 0.592. The van der Waals surface area contributed by atoms with Crippen molar-refractivity contribution in [2.45, 2.75) is 26.2 Å². The summed E-state index contributed by atoms with van der Waals surface area (Å²) < 4.78 is 0. The van der Waals surface area contributed by atoms with Crippen LogP contribution >= 0.6 is 0 Å². The largest absolute Gasteiger partial charge is 0.378 e. The Morgan fingerprint density at radius 2 is 1.04 bits per heavy atom. The van der Waals surface area contributed by atoms with Crippen LogP contribution in [0.1, 0.15) is 26.3 Å². The molecule has 0 aliphatic carbocycles. The van der Waals surface area contributed by atoms with Crippen molar-refractivity contribution in [1.29, 1.82) is 0 Å². The lowest BCUT2D eigenvalue weighted by atomic mass is 9.79. The van der Waals surface area contributed by atoms with E-state index in [-0.39, 0.29) is 5.41 Å². The number of rotatable bonds is 4. The molecule has 0 aliphatic heterocycles. The van der Waals surface area contributed by atoms with Crippen LogP contribution in [0.2, 0.25) is 0 Å². The molecule has 3 aromatic carbocycles. The summed E-state index contributed by atoms with van der Waals surface area (Å²) in [6.45, 7) is 6.87. The molecule has 0 atom stereocenters. The van der Waals surface area contributed by atoms with E-state index in [4.69, 9.17) is 0 Å². The molecule has 0 saturated carbocycles. The van der Waals surface area contributed by atoms with Crippen LogP contribution in [-0.2, 0) is 5.41 Å². The van der Waals surface area contributed by atoms with E-state index in [1.165, 1.54) is 39.2 Å². The molecule has 0 amide bonds. The number of hydrogen-bond acceptors (Lipinski definition) is 2. The Kier molecular flexibility index (Phi) is 5.51. The lowest BCUT2D eigenvalue weighted by Gasteiger charge is -2.26. The molecule has 2 heteroatoms. The predicted octanol–water partition coefficient (Wildman–Crippen LogP) is 6.45. The van der Waals surface area contributed by atoms with Gasteiger partial charge in [0.15, 0.2) is 0 Å². The van der Waals surface area contributed by atoms with Gasteiger partial charge in [-0.3, -0.25) is 0 Å². The molecule has 3 rings (SSSR count). The first-order valence-electron chi connectivity index (χ1n) is 9.87. The minimum absolute atomic E-state index is 0.0646. The van der Waals surface area contributed by atoms with Crippen LogP contribution in [0.25, 0.3) is 22.3 Å². The Labute approximate surface area is 170 Å². The second kappa shape index (κ2) is 7.71. The summed E-state index contributed by atoms with van der Waals surface area (Å²) >= 11 is 0. The molecule has 0 heterocycles. The summed E-state index contributed by atoms with van der Waals surface area (Å²) in [6, 6.07) is 24.5. The molecule has 0 spiro atoms. The second-order valence-corrected chi connectivity index (χ2v) is 8.86. The molecule has 0 unspecified atom stereocenters. The van der Waals surface area contributed by atoms with Crippen LogP contribution in [0.15, 0.2) is 66.7 Å². The Morgan fingerprint density at radius 1 is 0.571 bits per heavy atom. The Hall–Kier alpha value is -2.74. The van der Waals surface area contributed by atoms with E-state index in [0.29, 0.717) is 0 Å². The van der Waals surface area contributed by atoms with Crippen LogP contribution in [0.5, 0.6) is 0 Å². The van der Waals surface area contributed by atoms with Crippen LogP contribution in [-0.4, -0.2) is 28.2 Å². The van der Waals surface area contributed by atoms with Gasteiger partial charge < -0.3 is 9.80 Å². The van der Waals surface area contributed by atoms with E-state index < -0.39 is 0 Å². The van der Waals surface area contributed by atoms with Crippen molar-refractivity contribution in [3.05, 3.63) is 72.3 Å². The number of anilines is 2. The highest BCUT2D eigenvalue weighted by atomic mass is 15.1. The molecule has 0 aliphatic rings. The van der Waals surface area contributed by atoms with Gasteiger partial charge in [-0.05, 0) is 57.5 Å². The summed E-state index contributed by atoms with van der Waals surface area (Å²) in [5, 5.41) is 0. The molecule has 0 fully saturated rings. The first-order valence-corrected chi connectivity index (χ1v) is 9.87. The van der Waals surface area contributed by atoms with Crippen molar-refractivity contribution in [2.24, 2.45) is 0 Å². The van der Waals surface area contributed by atoms with Gasteiger partial charge >= 0.3 is 0 Å². The third-order valence-corrected chi connectivity index (χ3v) is 5.24. The van der Waals surface area contributed by atoms with Crippen molar-refractivity contribution < 1.29 is 0 Å². The predicted molar refractivity (Wildman–Crippen MR) is 125 cm³/mol. The van der Waals surface area contributed by atoms with Crippen molar-refractivity contribution in [3.8, 4) is 22.3 Å². The fraction of sp³-hybridized carbons (Fsp3) is 0.308. The molecule has 0 saturated heterocycles. The highest BCUT2D eigenvalue weighted by Crippen LogP contribution is 2.40. The van der Waals surface area contributed by atoms with Crippen molar-refractivity contribution >= 4 is 11.4 Å². The van der Waals surface area contributed by atoms with Gasteiger partial charge in [-0.1, -0.05) is 63.2 Å². The third kappa shape index (κ3) is 4.06. The summed E-state index contributed by atoms with van der Waals surface area (Å²) in [6.07, 6.45) is 0. The summed E-state index contributed by atoms with van der Waals surface area (Å²) in [4.78, 5) is 4.27. The van der Waals surface area contributed by atoms with Gasteiger partial charge in [0, 0.05) is 39.6 Å². The van der Waals surface area contributed by atoms with Gasteiger partial charge in [-0.15, -0.1) is 0 Å². The highest BCUT2D eigenvalue weighted by Gasteiger charge is 2.21. The fourth-order valence-corrected chi connectivity index (χ4v) is 3.59. The summed E-state index contributed by atoms with van der Waals surface area (Å²) in [5.41, 5.74) is 9.01. The van der Waals surface area contributed by atoms with Gasteiger partial charge in [-0.25, -0.2) is 0 Å². The van der Waals surface area contributed by atoms with Crippen molar-refractivity contribution in [1.82, 2.24) is 0 Å². The quantitative estimate of drug-likeness (QED) is 0.519. The molecule has 0 radical (unpaired) electrons. The van der Waals surface area contributed by atoms with Gasteiger partial charge in [0.2, 0.25) is 0 Å². The third-order valence-electron chi connectivity index (χ3n) is 5.24. The first kappa shape index (κ1) is 20.0. The van der Waals surface area contributed by atoms with E-state index in [2.05, 4.69) is 125 Å². The van der Waals surface area contributed by atoms with E-state index >= 15 is 0 Å². The smallest absolute Gasteiger partial charge is 0.0361 e. The molecule has 28 heavy (non-hydrogen) atoms. The van der Waals surface area contributed by atoms with E-state index in [9.17, 15) is 0 Å². The molecule has 0 aromatic heterocycles. The van der Waals surface area contributed by atoms with Crippen molar-refractivity contribution in [3.63, 3.8) is 0 Å². The highest BCUT2D eigenvalue weighted by molar-refractivity contribution is 5.87. The summed E-state index contributed by atoms with van der Waals surface area (Å²) in [5.74, 6) is 0. The minimum atomic E-state index is 0.0646. The Morgan fingerprint density at radius 3 is 1.46 bits per heavy atom. The zero-order valence-corrected chi connectivity index (χ0v) is 18.2. The standard InChI is InChI=1S/C26H32N2/c1-26(2,3)24-10-8-9-23(19-11-15-21(16-12-19)27(4)5)25(24)20-13-17-22(18-14-20)28(6)7/h8-18H,1-7H3. The average Bonchev–Trinajstić information content (AvgIpc) is 2.67. The zero-order valence-electron chi connectivity index (χ0n) is 18.2. The average molecular weight is 373 g/mol.